The molecule has 1 heterocycles. The molecule has 1 unspecified atom stereocenters. The molecule has 1 atom stereocenters. The zero-order valence-corrected chi connectivity index (χ0v) is 12.6. The summed E-state index contributed by atoms with van der Waals surface area (Å²) in [6.45, 7) is 1.63. The van der Waals surface area contributed by atoms with Gasteiger partial charge >= 0.3 is 6.03 Å². The summed E-state index contributed by atoms with van der Waals surface area (Å²) in [7, 11) is 0. The van der Waals surface area contributed by atoms with Crippen molar-refractivity contribution in [2.24, 2.45) is 11.7 Å². The molecule has 3 amide bonds. The third-order valence-electron chi connectivity index (χ3n) is 3.69. The fraction of sp³-hybridized carbons (Fsp3) is 0.467. The van der Waals surface area contributed by atoms with E-state index in [9.17, 15) is 9.59 Å². The van der Waals surface area contributed by atoms with Crippen LogP contribution in [0, 0.1) is 5.92 Å². The van der Waals surface area contributed by atoms with Gasteiger partial charge in [-0.2, -0.15) is 0 Å². The molecule has 3 N–H and O–H groups in total. The molecule has 5 nitrogen and oxygen atoms in total. The van der Waals surface area contributed by atoms with E-state index in [0.29, 0.717) is 24.7 Å². The van der Waals surface area contributed by atoms with E-state index < -0.39 is 0 Å². The number of halogens is 1. The van der Waals surface area contributed by atoms with Crippen LogP contribution < -0.4 is 11.1 Å². The van der Waals surface area contributed by atoms with Crippen LogP contribution in [0.2, 0.25) is 5.02 Å². The number of rotatable bonds is 4. The Morgan fingerprint density at radius 1 is 1.43 bits per heavy atom. The minimum absolute atomic E-state index is 0.136. The van der Waals surface area contributed by atoms with Gasteiger partial charge in [-0.1, -0.05) is 23.7 Å². The second-order valence-electron chi connectivity index (χ2n) is 5.30. The lowest BCUT2D eigenvalue weighted by atomic mass is 9.98. The van der Waals surface area contributed by atoms with Crippen molar-refractivity contribution >= 4 is 23.5 Å². The van der Waals surface area contributed by atoms with Gasteiger partial charge in [0.15, 0.2) is 0 Å². The number of likely N-dealkylation sites (tertiary alicyclic amines) is 1. The number of carbonyl (C=O) groups excluding carboxylic acids is 2. The Morgan fingerprint density at radius 2 is 2.24 bits per heavy atom. The van der Waals surface area contributed by atoms with Crippen LogP contribution in [-0.4, -0.2) is 36.5 Å². The zero-order valence-electron chi connectivity index (χ0n) is 11.8. The molecule has 1 aromatic carbocycles. The Hall–Kier alpha value is -1.75. The first-order chi connectivity index (χ1) is 10.1. The molecule has 0 spiro atoms. The Labute approximate surface area is 129 Å². The molecule has 1 aromatic rings. The van der Waals surface area contributed by atoms with Gasteiger partial charge in [-0.15, -0.1) is 0 Å². The number of hydrogen-bond donors (Lipinski definition) is 2. The standard InChI is InChI=1S/C15H20ClN3O2/c16-13-5-1-3-11(9-13)6-7-18-15(21)19-8-2-4-12(10-19)14(17)20/h1,3,5,9,12H,2,4,6-8,10H2,(H2,17,20)(H,18,21). The molecule has 0 saturated carbocycles. The number of amides is 3. The van der Waals surface area contributed by atoms with E-state index in [2.05, 4.69) is 5.32 Å². The largest absolute Gasteiger partial charge is 0.369 e. The lowest BCUT2D eigenvalue weighted by Gasteiger charge is -2.31. The molecular formula is C15H20ClN3O2. The van der Waals surface area contributed by atoms with Crippen LogP contribution in [-0.2, 0) is 11.2 Å². The summed E-state index contributed by atoms with van der Waals surface area (Å²) in [5.74, 6) is -0.552. The summed E-state index contributed by atoms with van der Waals surface area (Å²) in [5.41, 5.74) is 6.39. The fourth-order valence-electron chi connectivity index (χ4n) is 2.51. The molecule has 1 saturated heterocycles. The number of primary amides is 1. The number of hydrogen-bond acceptors (Lipinski definition) is 2. The molecule has 1 fully saturated rings. The molecule has 2 rings (SSSR count). The third kappa shape index (κ3) is 4.63. The predicted molar refractivity (Wildman–Crippen MR) is 82.0 cm³/mol. The van der Waals surface area contributed by atoms with Crippen LogP contribution >= 0.6 is 11.6 Å². The maximum absolute atomic E-state index is 12.1. The summed E-state index contributed by atoms with van der Waals surface area (Å²) in [4.78, 5) is 24.9. The maximum atomic E-state index is 12.1. The van der Waals surface area contributed by atoms with Gasteiger partial charge in [-0.05, 0) is 37.0 Å². The highest BCUT2D eigenvalue weighted by molar-refractivity contribution is 6.30. The molecule has 0 bridgehead atoms. The molecule has 0 aromatic heterocycles. The number of carbonyl (C=O) groups is 2. The quantitative estimate of drug-likeness (QED) is 0.889. The van der Waals surface area contributed by atoms with Gasteiger partial charge in [0.05, 0.1) is 5.92 Å². The predicted octanol–water partition coefficient (Wildman–Crippen LogP) is 1.79. The van der Waals surface area contributed by atoms with Crippen molar-refractivity contribution < 1.29 is 9.59 Å². The average molecular weight is 310 g/mol. The summed E-state index contributed by atoms with van der Waals surface area (Å²) in [6.07, 6.45) is 2.30. The molecule has 114 valence electrons. The van der Waals surface area contributed by atoms with Crippen LogP contribution in [0.5, 0.6) is 0 Å². The third-order valence-corrected chi connectivity index (χ3v) is 3.92. The monoisotopic (exact) mass is 309 g/mol. The summed E-state index contributed by atoms with van der Waals surface area (Å²) in [6, 6.07) is 7.44. The number of nitrogens with two attached hydrogens (primary N) is 1. The van der Waals surface area contributed by atoms with Gasteiger partial charge < -0.3 is 16.0 Å². The number of piperidine rings is 1. The van der Waals surface area contributed by atoms with E-state index in [-0.39, 0.29) is 17.9 Å². The topological polar surface area (TPSA) is 75.4 Å². The highest BCUT2D eigenvalue weighted by Crippen LogP contribution is 2.16. The number of benzene rings is 1. The fourth-order valence-corrected chi connectivity index (χ4v) is 2.72. The lowest BCUT2D eigenvalue weighted by Crippen LogP contribution is -2.48. The van der Waals surface area contributed by atoms with Crippen LogP contribution in [0.1, 0.15) is 18.4 Å². The van der Waals surface area contributed by atoms with Crippen molar-refractivity contribution in [2.75, 3.05) is 19.6 Å². The first kappa shape index (κ1) is 15.6. The van der Waals surface area contributed by atoms with E-state index in [1.54, 1.807) is 4.90 Å². The first-order valence-corrected chi connectivity index (χ1v) is 7.50. The van der Waals surface area contributed by atoms with Crippen LogP contribution in [0.25, 0.3) is 0 Å². The molecule has 1 aliphatic heterocycles. The van der Waals surface area contributed by atoms with Crippen LogP contribution in [0.4, 0.5) is 4.79 Å². The van der Waals surface area contributed by atoms with E-state index in [4.69, 9.17) is 17.3 Å². The summed E-state index contributed by atoms with van der Waals surface area (Å²) < 4.78 is 0. The lowest BCUT2D eigenvalue weighted by molar-refractivity contribution is -0.123. The van der Waals surface area contributed by atoms with Crippen molar-refractivity contribution in [1.82, 2.24) is 10.2 Å². The van der Waals surface area contributed by atoms with Crippen molar-refractivity contribution in [3.05, 3.63) is 34.9 Å². The van der Waals surface area contributed by atoms with E-state index in [1.165, 1.54) is 0 Å². The van der Waals surface area contributed by atoms with Crippen molar-refractivity contribution in [1.29, 1.82) is 0 Å². The summed E-state index contributed by atoms with van der Waals surface area (Å²) >= 11 is 5.91. The number of nitrogens with one attached hydrogen (secondary N) is 1. The molecule has 1 aliphatic rings. The number of nitrogens with zero attached hydrogens (tertiary/aromatic N) is 1. The summed E-state index contributed by atoms with van der Waals surface area (Å²) in [5, 5.41) is 3.57. The highest BCUT2D eigenvalue weighted by Gasteiger charge is 2.26. The maximum Gasteiger partial charge on any atom is 0.317 e. The first-order valence-electron chi connectivity index (χ1n) is 7.13. The minimum atomic E-state index is -0.327. The number of urea groups is 1. The Balaban J connectivity index is 1.78. The Kier molecular flexibility index (Phi) is 5.44. The van der Waals surface area contributed by atoms with E-state index in [0.717, 1.165) is 24.8 Å². The van der Waals surface area contributed by atoms with Gasteiger partial charge in [0.2, 0.25) is 5.91 Å². The molecule has 21 heavy (non-hydrogen) atoms. The van der Waals surface area contributed by atoms with Crippen molar-refractivity contribution in [3.8, 4) is 0 Å². The Bertz CT molecular complexity index is 521. The Morgan fingerprint density at radius 3 is 2.95 bits per heavy atom. The second-order valence-corrected chi connectivity index (χ2v) is 5.74. The average Bonchev–Trinajstić information content (AvgIpc) is 2.47. The van der Waals surface area contributed by atoms with Crippen molar-refractivity contribution in [2.45, 2.75) is 19.3 Å². The molecule has 6 heteroatoms. The normalized spacial score (nSPS) is 18.3. The van der Waals surface area contributed by atoms with Gasteiger partial charge in [0, 0.05) is 24.7 Å². The second kappa shape index (κ2) is 7.31. The van der Waals surface area contributed by atoms with E-state index >= 15 is 0 Å². The van der Waals surface area contributed by atoms with Crippen LogP contribution in [0.3, 0.4) is 0 Å². The van der Waals surface area contributed by atoms with Gasteiger partial charge in [0.25, 0.3) is 0 Å². The van der Waals surface area contributed by atoms with Gasteiger partial charge in [-0.3, -0.25) is 4.79 Å². The van der Waals surface area contributed by atoms with E-state index in [1.807, 2.05) is 24.3 Å². The van der Waals surface area contributed by atoms with Crippen LogP contribution in [0.15, 0.2) is 24.3 Å². The van der Waals surface area contributed by atoms with Gasteiger partial charge in [-0.25, -0.2) is 4.79 Å². The molecule has 0 aliphatic carbocycles. The highest BCUT2D eigenvalue weighted by atomic mass is 35.5. The molecule has 0 radical (unpaired) electrons. The smallest absolute Gasteiger partial charge is 0.317 e. The van der Waals surface area contributed by atoms with Crippen molar-refractivity contribution in [3.63, 3.8) is 0 Å². The molecular weight excluding hydrogens is 290 g/mol. The zero-order chi connectivity index (χ0) is 15.2. The minimum Gasteiger partial charge on any atom is -0.369 e. The van der Waals surface area contributed by atoms with Gasteiger partial charge in [0.1, 0.15) is 0 Å². The SMILES string of the molecule is NC(=O)C1CCCN(C(=O)NCCc2cccc(Cl)c2)C1.